The van der Waals surface area contributed by atoms with Crippen LogP contribution in [0.5, 0.6) is 0 Å². The van der Waals surface area contributed by atoms with Crippen molar-refractivity contribution in [3.8, 4) is 0 Å². The second kappa shape index (κ2) is 2.40. The second-order valence-electron chi connectivity index (χ2n) is 1.84. The summed E-state index contributed by atoms with van der Waals surface area (Å²) in [6.45, 7) is 1.55. The Hall–Kier alpha value is -1.18. The Morgan fingerprint density at radius 2 is 2.00 bits per heavy atom. The summed E-state index contributed by atoms with van der Waals surface area (Å²) in [5.74, 6) is 0.101. The van der Waals surface area contributed by atoms with E-state index >= 15 is 0 Å². The van der Waals surface area contributed by atoms with Gasteiger partial charge in [0.1, 0.15) is 0 Å². The largest absolute Gasteiger partial charge is 0.295 e. The summed E-state index contributed by atoms with van der Waals surface area (Å²) in [5, 5.41) is 0. The number of Topliss-reactive ketones (excluding diaryl/α,β-unsaturated/α-hetero) is 1. The van der Waals surface area contributed by atoms with Gasteiger partial charge in [-0.05, 0) is 6.92 Å². The minimum atomic E-state index is 0.101. The van der Waals surface area contributed by atoms with E-state index in [0.29, 0.717) is 0 Å². The molecule has 1 rings (SSSR count). The average Bonchev–Trinajstić information content (AvgIpc) is 1.90. The first-order chi connectivity index (χ1) is 4.30. The molecular weight excluding hydrogens is 114 g/mol. The molecule has 0 aliphatic heterocycles. The van der Waals surface area contributed by atoms with Crippen LogP contribution in [-0.2, 0) is 0 Å². The van der Waals surface area contributed by atoms with Gasteiger partial charge >= 0.3 is 0 Å². The van der Waals surface area contributed by atoms with Gasteiger partial charge in [-0.3, -0.25) is 4.79 Å². The van der Waals surface area contributed by atoms with Crippen LogP contribution in [0.15, 0.2) is 24.5 Å². The number of ketones is 1. The van der Waals surface area contributed by atoms with Crippen molar-refractivity contribution in [2.75, 3.05) is 0 Å². The number of pyridine rings is 1. The molecule has 0 bridgehead atoms. The molecule has 0 aliphatic rings. The summed E-state index contributed by atoms with van der Waals surface area (Å²) in [5.41, 5.74) is 0.744. The van der Waals surface area contributed by atoms with Crippen LogP contribution in [0.4, 0.5) is 0 Å². The SMILES string of the molecule is CC(=O)c1cc[nH+]cc1. The van der Waals surface area contributed by atoms with Crippen molar-refractivity contribution in [3.63, 3.8) is 0 Å². The molecule has 46 valence electrons. The molecule has 0 fully saturated rings. The number of H-pyrrole nitrogens is 1. The van der Waals surface area contributed by atoms with Crippen molar-refractivity contribution in [1.29, 1.82) is 0 Å². The van der Waals surface area contributed by atoms with Gasteiger partial charge in [0.2, 0.25) is 0 Å². The predicted octanol–water partition coefficient (Wildman–Crippen LogP) is 0.703. The minimum Gasteiger partial charge on any atom is -0.295 e. The molecule has 1 heterocycles. The number of aromatic nitrogens is 1. The normalized spacial score (nSPS) is 9.00. The Labute approximate surface area is 53.5 Å². The van der Waals surface area contributed by atoms with Gasteiger partial charge in [-0.25, -0.2) is 4.98 Å². The fourth-order valence-corrected chi connectivity index (χ4v) is 0.622. The van der Waals surface area contributed by atoms with Crippen molar-refractivity contribution in [2.45, 2.75) is 6.92 Å². The van der Waals surface area contributed by atoms with Gasteiger partial charge < -0.3 is 0 Å². The molecule has 1 aromatic rings. The van der Waals surface area contributed by atoms with Crippen LogP contribution in [0.25, 0.3) is 0 Å². The van der Waals surface area contributed by atoms with Crippen LogP contribution in [-0.4, -0.2) is 5.78 Å². The van der Waals surface area contributed by atoms with Gasteiger partial charge in [0.25, 0.3) is 0 Å². The van der Waals surface area contributed by atoms with E-state index in [9.17, 15) is 4.79 Å². The van der Waals surface area contributed by atoms with E-state index in [0.717, 1.165) is 5.56 Å². The lowest BCUT2D eigenvalue weighted by atomic mass is 10.2. The monoisotopic (exact) mass is 122 g/mol. The number of nitrogens with one attached hydrogen (secondary N) is 1. The van der Waals surface area contributed by atoms with E-state index in [1.54, 1.807) is 31.5 Å². The summed E-state index contributed by atoms with van der Waals surface area (Å²) in [4.78, 5) is 13.5. The Morgan fingerprint density at radius 3 is 2.33 bits per heavy atom. The number of hydrogen-bond acceptors (Lipinski definition) is 1. The first kappa shape index (κ1) is 5.95. The molecule has 2 nitrogen and oxygen atoms in total. The number of carbonyl (C=O) groups is 1. The van der Waals surface area contributed by atoms with Crippen LogP contribution >= 0.6 is 0 Å². The lowest BCUT2D eigenvalue weighted by Crippen LogP contribution is -2.00. The fourth-order valence-electron chi connectivity index (χ4n) is 0.622. The lowest BCUT2D eigenvalue weighted by Gasteiger charge is -1.85. The van der Waals surface area contributed by atoms with Gasteiger partial charge in [0.05, 0.1) is 0 Å². The lowest BCUT2D eigenvalue weighted by molar-refractivity contribution is -0.378. The van der Waals surface area contributed by atoms with Gasteiger partial charge in [-0.2, -0.15) is 0 Å². The van der Waals surface area contributed by atoms with Gasteiger partial charge in [0.15, 0.2) is 18.2 Å². The molecule has 0 saturated heterocycles. The summed E-state index contributed by atoms with van der Waals surface area (Å²) < 4.78 is 0. The highest BCUT2D eigenvalue weighted by Gasteiger charge is 1.96. The summed E-state index contributed by atoms with van der Waals surface area (Å²) >= 11 is 0. The van der Waals surface area contributed by atoms with Crippen LogP contribution in [0.2, 0.25) is 0 Å². The Morgan fingerprint density at radius 1 is 1.44 bits per heavy atom. The van der Waals surface area contributed by atoms with E-state index in [1.165, 1.54) is 0 Å². The van der Waals surface area contributed by atoms with E-state index in [-0.39, 0.29) is 5.78 Å². The Kier molecular flexibility index (Phi) is 1.58. The Balaban J connectivity index is 2.98. The first-order valence-electron chi connectivity index (χ1n) is 2.78. The van der Waals surface area contributed by atoms with Gasteiger partial charge in [-0.15, -0.1) is 0 Å². The molecular formula is C7H8NO+. The van der Waals surface area contributed by atoms with Crippen molar-refractivity contribution in [3.05, 3.63) is 30.1 Å². The average molecular weight is 122 g/mol. The molecule has 0 aliphatic carbocycles. The summed E-state index contributed by atoms with van der Waals surface area (Å²) in [6, 6.07) is 3.50. The van der Waals surface area contributed by atoms with Crippen LogP contribution in [0.1, 0.15) is 17.3 Å². The molecule has 0 amide bonds. The van der Waals surface area contributed by atoms with Gasteiger partial charge in [-0.1, -0.05) is 0 Å². The van der Waals surface area contributed by atoms with Crippen LogP contribution < -0.4 is 4.98 Å². The zero-order valence-electron chi connectivity index (χ0n) is 5.22. The molecule has 0 atom stereocenters. The molecule has 0 saturated carbocycles. The highest BCUT2D eigenvalue weighted by Crippen LogP contribution is 1.93. The van der Waals surface area contributed by atoms with Crippen molar-refractivity contribution < 1.29 is 9.78 Å². The maximum Gasteiger partial charge on any atom is 0.167 e. The standard InChI is InChI=1S/C7H7NO/c1-6(9)7-2-4-8-5-3-7/h2-5H,1H3/p+1. The third-order valence-corrected chi connectivity index (χ3v) is 1.12. The van der Waals surface area contributed by atoms with E-state index in [2.05, 4.69) is 4.98 Å². The molecule has 9 heavy (non-hydrogen) atoms. The predicted molar refractivity (Wildman–Crippen MR) is 33.0 cm³/mol. The van der Waals surface area contributed by atoms with E-state index < -0.39 is 0 Å². The molecule has 0 radical (unpaired) electrons. The minimum absolute atomic E-state index is 0.101. The van der Waals surface area contributed by atoms with Crippen LogP contribution in [0.3, 0.4) is 0 Å². The number of carbonyl (C=O) groups excluding carboxylic acids is 1. The van der Waals surface area contributed by atoms with Crippen molar-refractivity contribution in [2.24, 2.45) is 0 Å². The number of hydrogen-bond donors (Lipinski definition) is 0. The molecule has 0 spiro atoms. The van der Waals surface area contributed by atoms with Crippen LogP contribution in [0, 0.1) is 0 Å². The quantitative estimate of drug-likeness (QED) is 0.504. The third kappa shape index (κ3) is 1.35. The maximum absolute atomic E-state index is 10.6. The molecule has 0 aromatic carbocycles. The highest BCUT2D eigenvalue weighted by atomic mass is 16.1. The van der Waals surface area contributed by atoms with E-state index in [4.69, 9.17) is 0 Å². The first-order valence-corrected chi connectivity index (χ1v) is 2.78. The van der Waals surface area contributed by atoms with E-state index in [1.807, 2.05) is 0 Å². The van der Waals surface area contributed by atoms with Crippen molar-refractivity contribution in [1.82, 2.24) is 0 Å². The van der Waals surface area contributed by atoms with Gasteiger partial charge in [0, 0.05) is 17.7 Å². The molecule has 1 aromatic heterocycles. The fraction of sp³-hybridized carbons (Fsp3) is 0.143. The zero-order valence-corrected chi connectivity index (χ0v) is 5.22. The molecule has 2 heteroatoms. The summed E-state index contributed by atoms with van der Waals surface area (Å²) in [6.07, 6.45) is 3.47. The zero-order chi connectivity index (χ0) is 6.69. The van der Waals surface area contributed by atoms with Crippen molar-refractivity contribution >= 4 is 5.78 Å². The number of aromatic amines is 1. The smallest absolute Gasteiger partial charge is 0.167 e. The summed E-state index contributed by atoms with van der Waals surface area (Å²) in [7, 11) is 0. The molecule has 1 N–H and O–H groups in total. The highest BCUT2D eigenvalue weighted by molar-refractivity contribution is 5.93. The Bertz CT molecular complexity index is 205. The topological polar surface area (TPSA) is 31.2 Å². The number of rotatable bonds is 1. The second-order valence-corrected chi connectivity index (χ2v) is 1.84. The molecule has 0 unspecified atom stereocenters. The maximum atomic E-state index is 10.6. The third-order valence-electron chi connectivity index (χ3n) is 1.12.